The maximum atomic E-state index is 4.39. The van der Waals surface area contributed by atoms with Crippen LogP contribution in [0.4, 0.5) is 0 Å². The van der Waals surface area contributed by atoms with Crippen LogP contribution in [-0.4, -0.2) is 10.2 Å². The molecule has 0 bridgehead atoms. The Kier molecular flexibility index (Phi) is 3.72. The minimum atomic E-state index is 0.718. The molecule has 0 atom stereocenters. The van der Waals surface area contributed by atoms with E-state index in [-0.39, 0.29) is 0 Å². The Morgan fingerprint density at radius 2 is 1.65 bits per heavy atom. The monoisotopic (exact) mass is 228 g/mol. The van der Waals surface area contributed by atoms with E-state index in [2.05, 4.69) is 48.3 Å². The van der Waals surface area contributed by atoms with Gasteiger partial charge < -0.3 is 0 Å². The van der Waals surface area contributed by atoms with Crippen molar-refractivity contribution in [3.8, 4) is 0 Å². The van der Waals surface area contributed by atoms with Crippen LogP contribution < -0.4 is 0 Å². The SMILES string of the molecule is CCC(CC)Cc1nnc(C)c2ccccc12. The summed E-state index contributed by atoms with van der Waals surface area (Å²) in [6, 6.07) is 8.45. The molecule has 0 aliphatic rings. The summed E-state index contributed by atoms with van der Waals surface area (Å²) < 4.78 is 0. The van der Waals surface area contributed by atoms with Crippen LogP contribution in [-0.2, 0) is 6.42 Å². The third-order valence-electron chi connectivity index (χ3n) is 3.59. The fourth-order valence-electron chi connectivity index (χ4n) is 2.29. The van der Waals surface area contributed by atoms with E-state index in [4.69, 9.17) is 0 Å². The van der Waals surface area contributed by atoms with Crippen molar-refractivity contribution < 1.29 is 0 Å². The second kappa shape index (κ2) is 5.26. The van der Waals surface area contributed by atoms with Gasteiger partial charge in [-0.15, -0.1) is 0 Å². The van der Waals surface area contributed by atoms with Gasteiger partial charge in [0.25, 0.3) is 0 Å². The molecule has 0 amide bonds. The normalized spacial score (nSPS) is 11.3. The quantitative estimate of drug-likeness (QED) is 0.792. The van der Waals surface area contributed by atoms with Gasteiger partial charge in [-0.3, -0.25) is 0 Å². The van der Waals surface area contributed by atoms with Crippen LogP contribution in [0, 0.1) is 12.8 Å². The third-order valence-corrected chi connectivity index (χ3v) is 3.59. The second-order valence-electron chi connectivity index (χ2n) is 4.66. The third kappa shape index (κ3) is 2.46. The average molecular weight is 228 g/mol. The van der Waals surface area contributed by atoms with Crippen molar-refractivity contribution in [2.24, 2.45) is 5.92 Å². The predicted octanol–water partition coefficient (Wildman–Crippen LogP) is 3.92. The molecule has 0 N–H and O–H groups in total. The molecule has 90 valence electrons. The molecule has 1 aromatic heterocycles. The number of hydrogen-bond donors (Lipinski definition) is 0. The molecule has 0 spiro atoms. The predicted molar refractivity (Wildman–Crippen MR) is 72.1 cm³/mol. The second-order valence-corrected chi connectivity index (χ2v) is 4.66. The van der Waals surface area contributed by atoms with Gasteiger partial charge in [0.15, 0.2) is 0 Å². The Labute approximate surface area is 103 Å². The summed E-state index contributed by atoms with van der Waals surface area (Å²) in [7, 11) is 0. The molecule has 2 aromatic rings. The van der Waals surface area contributed by atoms with Gasteiger partial charge in [-0.25, -0.2) is 0 Å². The molecule has 0 radical (unpaired) electrons. The van der Waals surface area contributed by atoms with Crippen LogP contribution >= 0.6 is 0 Å². The number of aryl methyl sites for hydroxylation is 1. The number of fused-ring (bicyclic) bond motifs is 1. The minimum Gasteiger partial charge on any atom is -0.155 e. The Balaban J connectivity index is 2.44. The molecule has 0 saturated heterocycles. The first-order valence-electron chi connectivity index (χ1n) is 6.47. The highest BCUT2D eigenvalue weighted by molar-refractivity contribution is 5.86. The number of aromatic nitrogens is 2. The summed E-state index contributed by atoms with van der Waals surface area (Å²) in [5.74, 6) is 0.718. The molecule has 1 heterocycles. The standard InChI is InChI=1S/C15H20N2/c1-4-12(5-2)10-15-14-9-7-6-8-13(14)11(3)16-17-15/h6-9,12H,4-5,10H2,1-3H3. The first kappa shape index (κ1) is 12.0. The molecule has 0 saturated carbocycles. The van der Waals surface area contributed by atoms with E-state index in [0.717, 1.165) is 23.7 Å². The van der Waals surface area contributed by atoms with Gasteiger partial charge in [-0.1, -0.05) is 51.0 Å². The van der Waals surface area contributed by atoms with Crippen LogP contribution in [0.3, 0.4) is 0 Å². The molecular formula is C15H20N2. The Morgan fingerprint density at radius 3 is 2.29 bits per heavy atom. The molecule has 0 fully saturated rings. The molecule has 0 unspecified atom stereocenters. The fraction of sp³-hybridized carbons (Fsp3) is 0.467. The van der Waals surface area contributed by atoms with Crippen molar-refractivity contribution in [3.63, 3.8) is 0 Å². The lowest BCUT2D eigenvalue weighted by molar-refractivity contribution is 0.484. The lowest BCUT2D eigenvalue weighted by atomic mass is 9.95. The Hall–Kier alpha value is -1.44. The zero-order chi connectivity index (χ0) is 12.3. The van der Waals surface area contributed by atoms with Crippen LogP contribution in [0.15, 0.2) is 24.3 Å². The highest BCUT2D eigenvalue weighted by Crippen LogP contribution is 2.22. The maximum absolute atomic E-state index is 4.39. The van der Waals surface area contributed by atoms with E-state index < -0.39 is 0 Å². The Bertz CT molecular complexity index is 501. The fourth-order valence-corrected chi connectivity index (χ4v) is 2.29. The van der Waals surface area contributed by atoms with Gasteiger partial charge >= 0.3 is 0 Å². The summed E-state index contributed by atoms with van der Waals surface area (Å²) in [6.45, 7) is 6.52. The van der Waals surface area contributed by atoms with E-state index in [9.17, 15) is 0 Å². The number of hydrogen-bond acceptors (Lipinski definition) is 2. The minimum absolute atomic E-state index is 0.718. The molecule has 17 heavy (non-hydrogen) atoms. The van der Waals surface area contributed by atoms with Crippen molar-refractivity contribution in [2.75, 3.05) is 0 Å². The van der Waals surface area contributed by atoms with E-state index >= 15 is 0 Å². The van der Waals surface area contributed by atoms with Gasteiger partial charge in [0.1, 0.15) is 0 Å². The molecule has 2 heteroatoms. The van der Waals surface area contributed by atoms with Crippen molar-refractivity contribution in [1.29, 1.82) is 0 Å². The summed E-state index contributed by atoms with van der Waals surface area (Å²) in [4.78, 5) is 0. The number of rotatable bonds is 4. The lowest BCUT2D eigenvalue weighted by Crippen LogP contribution is -2.06. The molecule has 0 aliphatic heterocycles. The largest absolute Gasteiger partial charge is 0.155 e. The molecular weight excluding hydrogens is 208 g/mol. The first-order valence-corrected chi connectivity index (χ1v) is 6.47. The zero-order valence-electron chi connectivity index (χ0n) is 10.9. The van der Waals surface area contributed by atoms with Gasteiger partial charge in [0, 0.05) is 10.8 Å². The van der Waals surface area contributed by atoms with Gasteiger partial charge in [0.2, 0.25) is 0 Å². The summed E-state index contributed by atoms with van der Waals surface area (Å²) in [6.07, 6.45) is 3.46. The van der Waals surface area contributed by atoms with E-state index in [0.29, 0.717) is 0 Å². The molecule has 2 rings (SSSR count). The van der Waals surface area contributed by atoms with E-state index in [1.54, 1.807) is 0 Å². The Morgan fingerprint density at radius 1 is 1.00 bits per heavy atom. The van der Waals surface area contributed by atoms with E-state index in [1.165, 1.54) is 23.6 Å². The van der Waals surface area contributed by atoms with Crippen molar-refractivity contribution >= 4 is 10.8 Å². The average Bonchev–Trinajstić information content (AvgIpc) is 2.38. The van der Waals surface area contributed by atoms with Crippen LogP contribution in [0.25, 0.3) is 10.8 Å². The zero-order valence-corrected chi connectivity index (χ0v) is 10.9. The smallest absolute Gasteiger partial charge is 0.0712 e. The summed E-state index contributed by atoms with van der Waals surface area (Å²) in [5.41, 5.74) is 2.17. The van der Waals surface area contributed by atoms with Crippen LogP contribution in [0.1, 0.15) is 38.1 Å². The summed E-state index contributed by atoms with van der Waals surface area (Å²) in [5, 5.41) is 11.2. The van der Waals surface area contributed by atoms with Crippen molar-refractivity contribution in [1.82, 2.24) is 10.2 Å². The number of nitrogens with zero attached hydrogens (tertiary/aromatic N) is 2. The van der Waals surface area contributed by atoms with Gasteiger partial charge in [-0.2, -0.15) is 10.2 Å². The van der Waals surface area contributed by atoms with Crippen LogP contribution in [0.2, 0.25) is 0 Å². The van der Waals surface area contributed by atoms with E-state index in [1.807, 2.05) is 6.92 Å². The van der Waals surface area contributed by atoms with Crippen molar-refractivity contribution in [2.45, 2.75) is 40.0 Å². The topological polar surface area (TPSA) is 25.8 Å². The first-order chi connectivity index (χ1) is 8.26. The highest BCUT2D eigenvalue weighted by Gasteiger charge is 2.10. The maximum Gasteiger partial charge on any atom is 0.0712 e. The highest BCUT2D eigenvalue weighted by atomic mass is 15.1. The van der Waals surface area contributed by atoms with Gasteiger partial charge in [0.05, 0.1) is 11.4 Å². The van der Waals surface area contributed by atoms with Crippen LogP contribution in [0.5, 0.6) is 0 Å². The van der Waals surface area contributed by atoms with Gasteiger partial charge in [-0.05, 0) is 19.3 Å². The lowest BCUT2D eigenvalue weighted by Gasteiger charge is -2.13. The molecule has 0 aliphatic carbocycles. The molecule has 1 aromatic carbocycles. The summed E-state index contributed by atoms with van der Waals surface area (Å²) >= 11 is 0. The van der Waals surface area contributed by atoms with Crippen molar-refractivity contribution in [3.05, 3.63) is 35.7 Å². The number of benzene rings is 1. The molecule has 2 nitrogen and oxygen atoms in total.